The molecule has 2 heteroatoms. The molecule has 1 aliphatic heterocycles. The van der Waals surface area contributed by atoms with Gasteiger partial charge in [0, 0.05) is 25.6 Å². The molecule has 0 spiro atoms. The van der Waals surface area contributed by atoms with Crippen LogP contribution in [0.5, 0.6) is 0 Å². The highest BCUT2D eigenvalue weighted by atomic mass is 16.3. The summed E-state index contributed by atoms with van der Waals surface area (Å²) in [5.74, 6) is 0.256. The Morgan fingerprint density at radius 1 is 1.36 bits per heavy atom. The lowest BCUT2D eigenvalue weighted by Gasteiger charge is -2.09. The van der Waals surface area contributed by atoms with Crippen LogP contribution in [0.3, 0.4) is 0 Å². The fraction of sp³-hybridized carbons (Fsp3) is 0.500. The van der Waals surface area contributed by atoms with E-state index in [1.807, 2.05) is 0 Å². The fourth-order valence-electron chi connectivity index (χ4n) is 2.00. The van der Waals surface area contributed by atoms with Gasteiger partial charge in [-0.2, -0.15) is 0 Å². The van der Waals surface area contributed by atoms with Gasteiger partial charge in [0.15, 0.2) is 0 Å². The van der Waals surface area contributed by atoms with E-state index in [2.05, 4.69) is 37.1 Å². The zero-order chi connectivity index (χ0) is 10.1. The van der Waals surface area contributed by atoms with Crippen LogP contribution >= 0.6 is 0 Å². The average Bonchev–Trinajstić information content (AvgIpc) is 2.55. The number of nitrogens with zero attached hydrogens (tertiary/aromatic N) is 1. The van der Waals surface area contributed by atoms with E-state index in [-0.39, 0.29) is 12.5 Å². The van der Waals surface area contributed by atoms with E-state index < -0.39 is 0 Å². The topological polar surface area (TPSA) is 23.5 Å². The smallest absolute Gasteiger partial charge is 0.0497 e. The second kappa shape index (κ2) is 3.71. The number of aliphatic hydroxyl groups excluding tert-OH is 1. The molecule has 1 aromatic carbocycles. The third-order valence-electron chi connectivity index (χ3n) is 2.95. The summed E-state index contributed by atoms with van der Waals surface area (Å²) < 4.78 is 0. The molecule has 0 aliphatic carbocycles. The van der Waals surface area contributed by atoms with Gasteiger partial charge in [-0.3, -0.25) is 4.90 Å². The second-order valence-corrected chi connectivity index (χ2v) is 4.28. The van der Waals surface area contributed by atoms with E-state index in [0.717, 1.165) is 13.1 Å². The number of rotatable bonds is 2. The lowest BCUT2D eigenvalue weighted by molar-refractivity contribution is 0.273. The van der Waals surface area contributed by atoms with Crippen molar-refractivity contribution in [2.75, 3.05) is 13.7 Å². The van der Waals surface area contributed by atoms with E-state index in [1.54, 1.807) is 0 Å². The van der Waals surface area contributed by atoms with Crippen LogP contribution in [0.4, 0.5) is 0 Å². The maximum atomic E-state index is 9.08. The van der Waals surface area contributed by atoms with Crippen molar-refractivity contribution >= 4 is 0 Å². The molecule has 0 fully saturated rings. The van der Waals surface area contributed by atoms with Gasteiger partial charge < -0.3 is 5.11 Å². The Labute approximate surface area is 85.2 Å². The standard InChI is InChI=1S/C12H17NO/c1-9(8-14)10-3-4-11-6-13(2)7-12(11)5-10/h3-5,9,14H,6-8H2,1-2H3. The molecule has 0 amide bonds. The summed E-state index contributed by atoms with van der Waals surface area (Å²) in [5.41, 5.74) is 4.10. The van der Waals surface area contributed by atoms with Crippen LogP contribution in [0.1, 0.15) is 29.5 Å². The molecule has 1 atom stereocenters. The van der Waals surface area contributed by atoms with Crippen molar-refractivity contribution in [1.29, 1.82) is 0 Å². The van der Waals surface area contributed by atoms with Crippen LogP contribution in [0.15, 0.2) is 18.2 Å². The summed E-state index contributed by atoms with van der Waals surface area (Å²) in [6.45, 7) is 4.39. The third kappa shape index (κ3) is 1.68. The predicted molar refractivity (Wildman–Crippen MR) is 57.1 cm³/mol. The van der Waals surface area contributed by atoms with Gasteiger partial charge in [0.2, 0.25) is 0 Å². The van der Waals surface area contributed by atoms with Crippen molar-refractivity contribution in [3.63, 3.8) is 0 Å². The van der Waals surface area contributed by atoms with E-state index in [1.165, 1.54) is 16.7 Å². The van der Waals surface area contributed by atoms with Crippen LogP contribution < -0.4 is 0 Å². The molecular formula is C12H17NO. The summed E-state index contributed by atoms with van der Waals surface area (Å²) in [5, 5.41) is 9.08. The highest BCUT2D eigenvalue weighted by molar-refractivity contribution is 5.36. The minimum atomic E-state index is 0.231. The first kappa shape index (κ1) is 9.69. The minimum Gasteiger partial charge on any atom is -0.396 e. The molecule has 14 heavy (non-hydrogen) atoms. The summed E-state index contributed by atoms with van der Waals surface area (Å²) >= 11 is 0. The van der Waals surface area contributed by atoms with Crippen molar-refractivity contribution < 1.29 is 5.11 Å². The maximum absolute atomic E-state index is 9.08. The van der Waals surface area contributed by atoms with Crippen LogP contribution in [0.2, 0.25) is 0 Å². The van der Waals surface area contributed by atoms with Crippen LogP contribution in [-0.2, 0) is 13.1 Å². The van der Waals surface area contributed by atoms with E-state index >= 15 is 0 Å². The Morgan fingerprint density at radius 3 is 2.79 bits per heavy atom. The quantitative estimate of drug-likeness (QED) is 0.769. The van der Waals surface area contributed by atoms with E-state index in [0.29, 0.717) is 0 Å². The molecule has 0 radical (unpaired) electrons. The lowest BCUT2D eigenvalue weighted by Crippen LogP contribution is -2.07. The number of benzene rings is 1. The van der Waals surface area contributed by atoms with Crippen molar-refractivity contribution in [3.05, 3.63) is 34.9 Å². The predicted octanol–water partition coefficient (Wildman–Crippen LogP) is 1.73. The van der Waals surface area contributed by atoms with Gasteiger partial charge >= 0.3 is 0 Å². The summed E-state index contributed by atoms with van der Waals surface area (Å²) in [4.78, 5) is 2.30. The Bertz CT molecular complexity index is 335. The maximum Gasteiger partial charge on any atom is 0.0497 e. The number of hydrogen-bond donors (Lipinski definition) is 1. The number of fused-ring (bicyclic) bond motifs is 1. The monoisotopic (exact) mass is 191 g/mol. The van der Waals surface area contributed by atoms with Crippen molar-refractivity contribution in [1.82, 2.24) is 4.90 Å². The molecule has 1 aliphatic rings. The van der Waals surface area contributed by atoms with Crippen molar-refractivity contribution in [2.24, 2.45) is 0 Å². The lowest BCUT2D eigenvalue weighted by atomic mass is 9.98. The second-order valence-electron chi connectivity index (χ2n) is 4.28. The van der Waals surface area contributed by atoms with Crippen LogP contribution in [-0.4, -0.2) is 23.7 Å². The van der Waals surface area contributed by atoms with Crippen molar-refractivity contribution in [2.45, 2.75) is 25.9 Å². The van der Waals surface area contributed by atoms with Gasteiger partial charge in [-0.1, -0.05) is 25.1 Å². The first-order chi connectivity index (χ1) is 6.70. The molecule has 76 valence electrons. The van der Waals surface area contributed by atoms with Crippen LogP contribution in [0.25, 0.3) is 0 Å². The van der Waals surface area contributed by atoms with Crippen LogP contribution in [0, 0.1) is 0 Å². The molecule has 1 N–H and O–H groups in total. The van der Waals surface area contributed by atoms with Gasteiger partial charge in [0.05, 0.1) is 0 Å². The molecule has 0 aromatic heterocycles. The summed E-state index contributed by atoms with van der Waals surface area (Å²) in [6.07, 6.45) is 0. The summed E-state index contributed by atoms with van der Waals surface area (Å²) in [7, 11) is 2.13. The zero-order valence-electron chi connectivity index (χ0n) is 8.83. The van der Waals surface area contributed by atoms with E-state index in [4.69, 9.17) is 5.11 Å². The Kier molecular flexibility index (Phi) is 2.57. The third-order valence-corrected chi connectivity index (χ3v) is 2.95. The fourth-order valence-corrected chi connectivity index (χ4v) is 2.00. The highest BCUT2D eigenvalue weighted by Crippen LogP contribution is 2.25. The van der Waals surface area contributed by atoms with Crippen molar-refractivity contribution in [3.8, 4) is 0 Å². The molecule has 2 rings (SSSR count). The normalized spacial score (nSPS) is 18.2. The van der Waals surface area contributed by atoms with E-state index in [9.17, 15) is 0 Å². The molecule has 1 unspecified atom stereocenters. The average molecular weight is 191 g/mol. The zero-order valence-corrected chi connectivity index (χ0v) is 8.83. The van der Waals surface area contributed by atoms with Gasteiger partial charge in [0.1, 0.15) is 0 Å². The first-order valence-electron chi connectivity index (χ1n) is 5.12. The summed E-state index contributed by atoms with van der Waals surface area (Å²) in [6, 6.07) is 6.57. The number of aliphatic hydroxyl groups is 1. The highest BCUT2D eigenvalue weighted by Gasteiger charge is 2.16. The van der Waals surface area contributed by atoms with Gasteiger partial charge in [-0.05, 0) is 23.7 Å². The Hall–Kier alpha value is -0.860. The van der Waals surface area contributed by atoms with Gasteiger partial charge in [0.25, 0.3) is 0 Å². The van der Waals surface area contributed by atoms with Gasteiger partial charge in [-0.25, -0.2) is 0 Å². The molecule has 0 saturated heterocycles. The molecular weight excluding hydrogens is 174 g/mol. The molecule has 0 saturated carbocycles. The van der Waals surface area contributed by atoms with Gasteiger partial charge in [-0.15, -0.1) is 0 Å². The molecule has 0 bridgehead atoms. The molecule has 1 heterocycles. The Balaban J connectivity index is 2.28. The molecule has 2 nitrogen and oxygen atoms in total. The minimum absolute atomic E-state index is 0.231. The first-order valence-corrected chi connectivity index (χ1v) is 5.12. The number of hydrogen-bond acceptors (Lipinski definition) is 2. The SMILES string of the molecule is CC(CO)c1ccc2c(c1)CN(C)C2. The molecule has 1 aromatic rings. The Morgan fingerprint density at radius 2 is 2.07 bits per heavy atom. The largest absolute Gasteiger partial charge is 0.396 e.